The van der Waals surface area contributed by atoms with Crippen LogP contribution in [0.15, 0.2) is 18.2 Å². The molecule has 0 aliphatic heterocycles. The molecule has 1 aromatic rings. The second-order valence-corrected chi connectivity index (χ2v) is 3.05. The van der Waals surface area contributed by atoms with Crippen LogP contribution in [0, 0.1) is 5.82 Å². The fraction of sp³-hybridized carbons (Fsp3) is 0.400. The van der Waals surface area contributed by atoms with Gasteiger partial charge in [-0.3, -0.25) is 0 Å². The van der Waals surface area contributed by atoms with Crippen molar-refractivity contribution in [2.24, 2.45) is 5.73 Å². The third-order valence-electron chi connectivity index (χ3n) is 1.83. The van der Waals surface area contributed by atoms with E-state index in [-0.39, 0.29) is 25.0 Å². The van der Waals surface area contributed by atoms with Gasteiger partial charge in [0.1, 0.15) is 6.61 Å². The average molecular weight is 199 g/mol. The van der Waals surface area contributed by atoms with Crippen LogP contribution in [-0.4, -0.2) is 18.3 Å². The van der Waals surface area contributed by atoms with Crippen molar-refractivity contribution in [2.45, 2.75) is 13.0 Å². The van der Waals surface area contributed by atoms with E-state index in [1.165, 1.54) is 12.1 Å². The fourth-order valence-electron chi connectivity index (χ4n) is 1.07. The first-order chi connectivity index (χ1) is 6.65. The predicted octanol–water partition coefficient (Wildman–Crippen LogP) is 1.22. The largest absolute Gasteiger partial charge is 0.488 e. The van der Waals surface area contributed by atoms with Crippen LogP contribution in [0.25, 0.3) is 0 Å². The standard InChI is InChI=1S/C10H14FNO2/c1-7(12)8-2-3-10(9(11)6-8)14-5-4-13/h2-3,6-7,13H,4-5,12H2,1H3. The first-order valence-electron chi connectivity index (χ1n) is 4.44. The Morgan fingerprint density at radius 3 is 2.79 bits per heavy atom. The van der Waals surface area contributed by atoms with Gasteiger partial charge in [0.05, 0.1) is 6.61 Å². The summed E-state index contributed by atoms with van der Waals surface area (Å²) in [6, 6.07) is 4.37. The summed E-state index contributed by atoms with van der Waals surface area (Å²) in [5, 5.41) is 8.49. The van der Waals surface area contributed by atoms with E-state index in [1.54, 1.807) is 13.0 Å². The molecule has 78 valence electrons. The number of benzene rings is 1. The van der Waals surface area contributed by atoms with Gasteiger partial charge >= 0.3 is 0 Å². The number of aliphatic hydroxyl groups is 1. The highest BCUT2D eigenvalue weighted by atomic mass is 19.1. The lowest BCUT2D eigenvalue weighted by atomic mass is 10.1. The number of hydrogen-bond acceptors (Lipinski definition) is 3. The van der Waals surface area contributed by atoms with Crippen molar-refractivity contribution in [2.75, 3.05) is 13.2 Å². The molecule has 0 radical (unpaired) electrons. The first-order valence-corrected chi connectivity index (χ1v) is 4.44. The Kier molecular flexibility index (Phi) is 3.85. The van der Waals surface area contributed by atoms with Gasteiger partial charge < -0.3 is 15.6 Å². The Bertz CT molecular complexity index is 302. The smallest absolute Gasteiger partial charge is 0.165 e. The van der Waals surface area contributed by atoms with Gasteiger partial charge in [-0.25, -0.2) is 4.39 Å². The van der Waals surface area contributed by atoms with Gasteiger partial charge in [-0.05, 0) is 24.6 Å². The number of hydrogen-bond donors (Lipinski definition) is 2. The summed E-state index contributed by atoms with van der Waals surface area (Å²) in [6.45, 7) is 1.74. The molecule has 0 aromatic heterocycles. The highest BCUT2D eigenvalue weighted by molar-refractivity contribution is 5.30. The van der Waals surface area contributed by atoms with E-state index in [4.69, 9.17) is 15.6 Å². The summed E-state index contributed by atoms with van der Waals surface area (Å²) < 4.78 is 18.2. The van der Waals surface area contributed by atoms with Crippen molar-refractivity contribution >= 4 is 0 Å². The molecule has 3 N–H and O–H groups in total. The zero-order valence-electron chi connectivity index (χ0n) is 8.03. The van der Waals surface area contributed by atoms with E-state index in [0.29, 0.717) is 0 Å². The maximum Gasteiger partial charge on any atom is 0.165 e. The summed E-state index contributed by atoms with van der Waals surface area (Å²) in [6.07, 6.45) is 0. The number of aliphatic hydroxyl groups excluding tert-OH is 1. The summed E-state index contributed by atoms with van der Waals surface area (Å²) in [5.41, 5.74) is 6.31. The molecular formula is C10H14FNO2. The zero-order valence-corrected chi connectivity index (χ0v) is 8.03. The summed E-state index contributed by atoms with van der Waals surface area (Å²) in [5.74, 6) is -0.309. The molecule has 0 spiro atoms. The molecule has 0 amide bonds. The monoisotopic (exact) mass is 199 g/mol. The molecule has 3 nitrogen and oxygen atoms in total. The van der Waals surface area contributed by atoms with Crippen molar-refractivity contribution in [3.05, 3.63) is 29.6 Å². The molecular weight excluding hydrogens is 185 g/mol. The van der Waals surface area contributed by atoms with E-state index in [0.717, 1.165) is 5.56 Å². The molecule has 0 bridgehead atoms. The third kappa shape index (κ3) is 2.68. The first kappa shape index (κ1) is 10.9. The number of nitrogens with two attached hydrogens (primary N) is 1. The minimum Gasteiger partial charge on any atom is -0.488 e. The highest BCUT2D eigenvalue weighted by Crippen LogP contribution is 2.20. The SMILES string of the molecule is CC(N)c1ccc(OCCO)c(F)c1. The van der Waals surface area contributed by atoms with Gasteiger partial charge in [-0.1, -0.05) is 6.07 Å². The van der Waals surface area contributed by atoms with Gasteiger partial charge in [0.15, 0.2) is 11.6 Å². The van der Waals surface area contributed by atoms with Crippen LogP contribution in [-0.2, 0) is 0 Å². The number of rotatable bonds is 4. The quantitative estimate of drug-likeness (QED) is 0.766. The lowest BCUT2D eigenvalue weighted by Gasteiger charge is -2.09. The number of ether oxygens (including phenoxy) is 1. The summed E-state index contributed by atoms with van der Waals surface area (Å²) >= 11 is 0. The topological polar surface area (TPSA) is 55.5 Å². The Labute approximate surface area is 82.3 Å². The molecule has 14 heavy (non-hydrogen) atoms. The van der Waals surface area contributed by atoms with E-state index < -0.39 is 5.82 Å². The van der Waals surface area contributed by atoms with Crippen molar-refractivity contribution in [1.29, 1.82) is 0 Å². The molecule has 0 aliphatic carbocycles. The van der Waals surface area contributed by atoms with Gasteiger partial charge in [-0.15, -0.1) is 0 Å². The van der Waals surface area contributed by atoms with Crippen molar-refractivity contribution in [3.8, 4) is 5.75 Å². The molecule has 1 rings (SSSR count). The predicted molar refractivity (Wildman–Crippen MR) is 51.6 cm³/mol. The normalized spacial score (nSPS) is 12.6. The van der Waals surface area contributed by atoms with E-state index >= 15 is 0 Å². The van der Waals surface area contributed by atoms with Crippen LogP contribution in [0.2, 0.25) is 0 Å². The van der Waals surface area contributed by atoms with Crippen molar-refractivity contribution in [3.63, 3.8) is 0 Å². The van der Waals surface area contributed by atoms with E-state index in [2.05, 4.69) is 0 Å². The van der Waals surface area contributed by atoms with Gasteiger partial charge in [0.2, 0.25) is 0 Å². The maximum atomic E-state index is 13.3. The van der Waals surface area contributed by atoms with Crippen molar-refractivity contribution in [1.82, 2.24) is 0 Å². The zero-order chi connectivity index (χ0) is 10.6. The molecule has 1 unspecified atom stereocenters. The molecule has 0 saturated carbocycles. The molecule has 0 heterocycles. The Hall–Kier alpha value is -1.13. The average Bonchev–Trinajstić information content (AvgIpc) is 2.15. The van der Waals surface area contributed by atoms with Gasteiger partial charge in [0, 0.05) is 6.04 Å². The maximum absolute atomic E-state index is 13.3. The molecule has 1 aromatic carbocycles. The third-order valence-corrected chi connectivity index (χ3v) is 1.83. The molecule has 0 fully saturated rings. The molecule has 0 saturated heterocycles. The highest BCUT2D eigenvalue weighted by Gasteiger charge is 2.06. The molecule has 4 heteroatoms. The Balaban J connectivity index is 2.79. The van der Waals surface area contributed by atoms with Crippen LogP contribution < -0.4 is 10.5 Å². The van der Waals surface area contributed by atoms with E-state index in [1.807, 2.05) is 0 Å². The van der Waals surface area contributed by atoms with Crippen LogP contribution in [0.5, 0.6) is 5.75 Å². The van der Waals surface area contributed by atoms with Crippen LogP contribution in [0.1, 0.15) is 18.5 Å². The summed E-state index contributed by atoms with van der Waals surface area (Å²) in [4.78, 5) is 0. The molecule has 1 atom stereocenters. The van der Waals surface area contributed by atoms with Crippen LogP contribution in [0.3, 0.4) is 0 Å². The van der Waals surface area contributed by atoms with E-state index in [9.17, 15) is 4.39 Å². The summed E-state index contributed by atoms with van der Waals surface area (Å²) in [7, 11) is 0. The lowest BCUT2D eigenvalue weighted by Crippen LogP contribution is -2.07. The fourth-order valence-corrected chi connectivity index (χ4v) is 1.07. The minimum absolute atomic E-state index is 0.0917. The molecule has 0 aliphatic rings. The second kappa shape index (κ2) is 4.93. The second-order valence-electron chi connectivity index (χ2n) is 3.05. The van der Waals surface area contributed by atoms with Crippen molar-refractivity contribution < 1.29 is 14.2 Å². The lowest BCUT2D eigenvalue weighted by molar-refractivity contribution is 0.196. The van der Waals surface area contributed by atoms with Crippen LogP contribution >= 0.6 is 0 Å². The Morgan fingerprint density at radius 2 is 2.29 bits per heavy atom. The van der Waals surface area contributed by atoms with Gasteiger partial charge in [-0.2, -0.15) is 0 Å². The Morgan fingerprint density at radius 1 is 1.57 bits per heavy atom. The number of halogens is 1. The minimum atomic E-state index is -0.451. The van der Waals surface area contributed by atoms with Crippen LogP contribution in [0.4, 0.5) is 4.39 Å². The van der Waals surface area contributed by atoms with Gasteiger partial charge in [0.25, 0.3) is 0 Å².